The predicted molar refractivity (Wildman–Crippen MR) is 97.0 cm³/mol. The minimum Gasteiger partial charge on any atom is -0.365 e. The molecule has 7 heteroatoms. The lowest BCUT2D eigenvalue weighted by Crippen LogP contribution is -2.51. The number of nitrogens with one attached hydrogen (secondary N) is 2. The molecule has 3 rings (SSSR count). The van der Waals surface area contributed by atoms with Gasteiger partial charge in [-0.15, -0.1) is 0 Å². The molecule has 0 saturated carbocycles. The molecule has 2 aromatic carbocycles. The molecule has 2 N–H and O–H groups in total. The zero-order chi connectivity index (χ0) is 17.6. The average molecular weight is 360 g/mol. The normalized spacial score (nSPS) is 17.2. The number of nitrogens with zero attached hydrogens (tertiary/aromatic N) is 1. The van der Waals surface area contributed by atoms with Crippen molar-refractivity contribution in [1.82, 2.24) is 5.32 Å². The Labute approximate surface area is 150 Å². The maximum absolute atomic E-state index is 12.0. The van der Waals surface area contributed by atoms with Crippen LogP contribution in [-0.4, -0.2) is 37.7 Å². The van der Waals surface area contributed by atoms with Crippen molar-refractivity contribution in [3.63, 3.8) is 0 Å². The summed E-state index contributed by atoms with van der Waals surface area (Å²) in [6, 6.07) is 15.9. The first kappa shape index (κ1) is 17.3. The Balaban J connectivity index is 1.53. The van der Waals surface area contributed by atoms with Crippen LogP contribution in [0.1, 0.15) is 0 Å². The van der Waals surface area contributed by atoms with Crippen molar-refractivity contribution in [2.24, 2.45) is 0 Å². The van der Waals surface area contributed by atoms with E-state index in [4.69, 9.17) is 16.3 Å². The lowest BCUT2D eigenvalue weighted by atomic mass is 10.2. The van der Waals surface area contributed by atoms with E-state index in [1.54, 1.807) is 29.2 Å². The maximum atomic E-state index is 12.0. The number of benzene rings is 2. The van der Waals surface area contributed by atoms with E-state index >= 15 is 0 Å². The van der Waals surface area contributed by atoms with E-state index in [-0.39, 0.29) is 24.6 Å². The van der Waals surface area contributed by atoms with E-state index < -0.39 is 0 Å². The van der Waals surface area contributed by atoms with Gasteiger partial charge in [0.05, 0.1) is 12.6 Å². The van der Waals surface area contributed by atoms with Gasteiger partial charge in [0.25, 0.3) is 5.91 Å². The molecule has 1 fully saturated rings. The number of hydrogen-bond donors (Lipinski definition) is 2. The molecule has 1 aliphatic rings. The molecule has 1 aliphatic heterocycles. The maximum Gasteiger partial charge on any atom is 0.319 e. The minimum absolute atomic E-state index is 0.00282. The van der Waals surface area contributed by atoms with Crippen LogP contribution in [0, 0.1) is 0 Å². The summed E-state index contributed by atoms with van der Waals surface area (Å²) in [5, 5.41) is 6.00. The number of hydrogen-bond acceptors (Lipinski definition) is 3. The smallest absolute Gasteiger partial charge is 0.319 e. The summed E-state index contributed by atoms with van der Waals surface area (Å²) in [4.78, 5) is 25.7. The first-order valence-corrected chi connectivity index (χ1v) is 8.27. The predicted octanol–water partition coefficient (Wildman–Crippen LogP) is 2.89. The topological polar surface area (TPSA) is 70.7 Å². The summed E-state index contributed by atoms with van der Waals surface area (Å²) in [5.74, 6) is -0.0918. The number of para-hydroxylation sites is 1. The SMILES string of the molecule is O=C(NCC1CN(c2ccccc2)C(=O)CO1)Nc1cccc(Cl)c1. The molecule has 130 valence electrons. The monoisotopic (exact) mass is 359 g/mol. The van der Waals surface area contributed by atoms with Gasteiger partial charge >= 0.3 is 6.03 Å². The molecule has 1 unspecified atom stereocenters. The summed E-state index contributed by atoms with van der Waals surface area (Å²) in [6.45, 7) is 0.681. The van der Waals surface area contributed by atoms with Gasteiger partial charge < -0.3 is 20.3 Å². The Morgan fingerprint density at radius 1 is 1.20 bits per heavy atom. The number of carbonyl (C=O) groups is 2. The highest BCUT2D eigenvalue weighted by Crippen LogP contribution is 2.18. The van der Waals surface area contributed by atoms with E-state index in [0.717, 1.165) is 5.69 Å². The van der Waals surface area contributed by atoms with Crippen molar-refractivity contribution in [2.45, 2.75) is 6.10 Å². The molecule has 1 heterocycles. The highest BCUT2D eigenvalue weighted by molar-refractivity contribution is 6.30. The highest BCUT2D eigenvalue weighted by Gasteiger charge is 2.27. The van der Waals surface area contributed by atoms with E-state index in [1.165, 1.54) is 0 Å². The molecular formula is C18H18ClN3O3. The van der Waals surface area contributed by atoms with Gasteiger partial charge in [-0.25, -0.2) is 4.79 Å². The van der Waals surface area contributed by atoms with E-state index in [1.807, 2.05) is 30.3 Å². The quantitative estimate of drug-likeness (QED) is 0.881. The second kappa shape index (κ2) is 8.00. The molecule has 3 amide bonds. The van der Waals surface area contributed by atoms with Gasteiger partial charge in [-0.05, 0) is 30.3 Å². The van der Waals surface area contributed by atoms with Crippen LogP contribution in [0.2, 0.25) is 5.02 Å². The van der Waals surface area contributed by atoms with Crippen LogP contribution in [0.15, 0.2) is 54.6 Å². The third kappa shape index (κ3) is 4.71. The number of urea groups is 1. The average Bonchev–Trinajstić information content (AvgIpc) is 2.62. The van der Waals surface area contributed by atoms with Crippen molar-refractivity contribution in [3.05, 3.63) is 59.6 Å². The molecular weight excluding hydrogens is 342 g/mol. The van der Waals surface area contributed by atoms with Crippen molar-refractivity contribution in [3.8, 4) is 0 Å². The number of morpholine rings is 1. The van der Waals surface area contributed by atoms with Crippen LogP contribution in [0.3, 0.4) is 0 Å². The number of amides is 3. The summed E-state index contributed by atoms with van der Waals surface area (Å²) >= 11 is 5.89. The van der Waals surface area contributed by atoms with Crippen molar-refractivity contribution in [2.75, 3.05) is 29.9 Å². The highest BCUT2D eigenvalue weighted by atomic mass is 35.5. The largest absolute Gasteiger partial charge is 0.365 e. The third-order valence-corrected chi connectivity index (χ3v) is 4.01. The van der Waals surface area contributed by atoms with Crippen LogP contribution in [0.4, 0.5) is 16.2 Å². The fourth-order valence-electron chi connectivity index (χ4n) is 2.55. The third-order valence-electron chi connectivity index (χ3n) is 3.77. The molecule has 0 spiro atoms. The van der Waals surface area contributed by atoms with Crippen molar-refractivity contribution >= 4 is 34.9 Å². The molecule has 0 aromatic heterocycles. The Morgan fingerprint density at radius 2 is 2.00 bits per heavy atom. The zero-order valence-corrected chi connectivity index (χ0v) is 14.2. The number of anilines is 2. The summed E-state index contributed by atoms with van der Waals surface area (Å²) in [5.41, 5.74) is 1.43. The summed E-state index contributed by atoms with van der Waals surface area (Å²) < 4.78 is 5.51. The number of ether oxygens (including phenoxy) is 1. The van der Waals surface area contributed by atoms with Gasteiger partial charge in [-0.3, -0.25) is 4.79 Å². The second-order valence-corrected chi connectivity index (χ2v) is 6.05. The van der Waals surface area contributed by atoms with Crippen LogP contribution in [0.25, 0.3) is 0 Å². The second-order valence-electron chi connectivity index (χ2n) is 5.62. The van der Waals surface area contributed by atoms with Gasteiger partial charge in [-0.2, -0.15) is 0 Å². The van der Waals surface area contributed by atoms with Crippen LogP contribution in [-0.2, 0) is 9.53 Å². The van der Waals surface area contributed by atoms with Crippen LogP contribution < -0.4 is 15.5 Å². The van der Waals surface area contributed by atoms with Crippen molar-refractivity contribution < 1.29 is 14.3 Å². The zero-order valence-electron chi connectivity index (χ0n) is 13.4. The molecule has 1 saturated heterocycles. The molecule has 25 heavy (non-hydrogen) atoms. The molecule has 2 aromatic rings. The summed E-state index contributed by atoms with van der Waals surface area (Å²) in [6.07, 6.45) is -0.275. The Kier molecular flexibility index (Phi) is 5.53. The van der Waals surface area contributed by atoms with Crippen LogP contribution in [0.5, 0.6) is 0 Å². The Morgan fingerprint density at radius 3 is 2.76 bits per heavy atom. The molecule has 6 nitrogen and oxygen atoms in total. The lowest BCUT2D eigenvalue weighted by Gasteiger charge is -2.32. The fourth-order valence-corrected chi connectivity index (χ4v) is 2.74. The number of carbonyl (C=O) groups excluding carboxylic acids is 2. The van der Waals surface area contributed by atoms with E-state index in [2.05, 4.69) is 10.6 Å². The van der Waals surface area contributed by atoms with E-state index in [0.29, 0.717) is 23.8 Å². The van der Waals surface area contributed by atoms with Crippen molar-refractivity contribution in [1.29, 1.82) is 0 Å². The molecule has 0 bridgehead atoms. The van der Waals surface area contributed by atoms with Gasteiger partial charge in [0.15, 0.2) is 0 Å². The Hall–Kier alpha value is -2.57. The van der Waals surface area contributed by atoms with Gasteiger partial charge in [0, 0.05) is 22.9 Å². The first-order chi connectivity index (χ1) is 12.1. The van der Waals surface area contributed by atoms with Gasteiger partial charge in [0.2, 0.25) is 0 Å². The van der Waals surface area contributed by atoms with Gasteiger partial charge in [0.1, 0.15) is 6.61 Å². The molecule has 1 atom stereocenters. The number of halogens is 1. The minimum atomic E-state index is -0.353. The summed E-state index contributed by atoms with van der Waals surface area (Å²) in [7, 11) is 0. The van der Waals surface area contributed by atoms with Gasteiger partial charge in [-0.1, -0.05) is 35.9 Å². The van der Waals surface area contributed by atoms with Crippen LogP contribution >= 0.6 is 11.6 Å². The Bertz CT molecular complexity index is 754. The standard InChI is InChI=1S/C18H18ClN3O3/c19-13-5-4-6-14(9-13)21-18(24)20-10-16-11-22(17(23)12-25-16)15-7-2-1-3-8-15/h1-9,16H,10-12H2,(H2,20,21,24). The number of rotatable bonds is 4. The fraction of sp³-hybridized carbons (Fsp3) is 0.222. The molecule has 0 radical (unpaired) electrons. The lowest BCUT2D eigenvalue weighted by molar-refractivity contribution is -0.129. The molecule has 0 aliphatic carbocycles. The van der Waals surface area contributed by atoms with E-state index in [9.17, 15) is 9.59 Å². The first-order valence-electron chi connectivity index (χ1n) is 7.89.